The normalized spacial score (nSPS) is 31.5. The summed E-state index contributed by atoms with van der Waals surface area (Å²) in [6, 6.07) is 0. The molecule has 2 fully saturated rings. The Labute approximate surface area is 80.3 Å². The van der Waals surface area contributed by atoms with Crippen LogP contribution in [0.4, 0.5) is 0 Å². The topological polar surface area (TPSA) is 20.3 Å². The Morgan fingerprint density at radius 2 is 2.15 bits per heavy atom. The summed E-state index contributed by atoms with van der Waals surface area (Å²) in [5, 5.41) is 0. The largest absolute Gasteiger partial charge is 0.342 e. The molecular weight excluding hydrogens is 162 g/mol. The lowest BCUT2D eigenvalue weighted by Gasteiger charge is -2.32. The molecule has 1 heterocycles. The average molecular weight is 181 g/mol. The van der Waals surface area contributed by atoms with Crippen molar-refractivity contribution < 1.29 is 4.79 Å². The lowest BCUT2D eigenvalue weighted by molar-refractivity contribution is -0.138. The van der Waals surface area contributed by atoms with E-state index in [1.165, 1.54) is 12.8 Å². The quantitative estimate of drug-likeness (QED) is 0.606. The van der Waals surface area contributed by atoms with E-state index in [0.29, 0.717) is 11.8 Å². The minimum absolute atomic E-state index is 0.0388. The maximum atomic E-state index is 12.0. The predicted molar refractivity (Wildman–Crippen MR) is 52.3 cm³/mol. The molecule has 1 amide bonds. The van der Waals surface area contributed by atoms with Gasteiger partial charge in [0.1, 0.15) is 0 Å². The highest BCUT2D eigenvalue weighted by molar-refractivity contribution is 5.84. The zero-order valence-electron chi connectivity index (χ0n) is 8.68. The van der Waals surface area contributed by atoms with Crippen LogP contribution in [0.1, 0.15) is 39.5 Å². The van der Waals surface area contributed by atoms with Gasteiger partial charge in [0.05, 0.1) is 0 Å². The smallest absolute Gasteiger partial charge is 0.228 e. The molecule has 0 spiro atoms. The van der Waals surface area contributed by atoms with Crippen LogP contribution in [0.3, 0.4) is 0 Å². The fourth-order valence-electron chi connectivity index (χ4n) is 2.16. The molecule has 1 aliphatic heterocycles. The van der Waals surface area contributed by atoms with Crippen molar-refractivity contribution in [3.05, 3.63) is 0 Å². The number of hydrogen-bond acceptors (Lipinski definition) is 1. The van der Waals surface area contributed by atoms with Crippen LogP contribution in [0, 0.1) is 11.3 Å². The van der Waals surface area contributed by atoms with Crippen LogP contribution in [-0.2, 0) is 4.79 Å². The summed E-state index contributed by atoms with van der Waals surface area (Å²) < 4.78 is 0. The minimum Gasteiger partial charge on any atom is -0.342 e. The van der Waals surface area contributed by atoms with Crippen LogP contribution in [0.25, 0.3) is 0 Å². The molecule has 0 aromatic carbocycles. The fraction of sp³-hybridized carbons (Fsp3) is 0.909. The summed E-state index contributed by atoms with van der Waals surface area (Å²) in [7, 11) is 0. The minimum atomic E-state index is 0.0388. The number of hydrogen-bond donors (Lipinski definition) is 0. The van der Waals surface area contributed by atoms with E-state index in [0.717, 1.165) is 25.9 Å². The Kier molecular flexibility index (Phi) is 2.09. The summed E-state index contributed by atoms with van der Waals surface area (Å²) in [5.41, 5.74) is 0.0388. The monoisotopic (exact) mass is 181 g/mol. The zero-order valence-corrected chi connectivity index (χ0v) is 8.68. The molecule has 0 aromatic heterocycles. The maximum Gasteiger partial charge on any atom is 0.228 e. The van der Waals surface area contributed by atoms with Gasteiger partial charge in [0.15, 0.2) is 0 Å². The molecule has 13 heavy (non-hydrogen) atoms. The molecule has 0 aromatic rings. The van der Waals surface area contributed by atoms with Crippen LogP contribution >= 0.6 is 0 Å². The van der Waals surface area contributed by atoms with Gasteiger partial charge >= 0.3 is 0 Å². The first kappa shape index (κ1) is 9.04. The van der Waals surface area contributed by atoms with Gasteiger partial charge < -0.3 is 4.90 Å². The molecule has 1 aliphatic carbocycles. The van der Waals surface area contributed by atoms with E-state index in [1.54, 1.807) is 0 Å². The maximum absolute atomic E-state index is 12.0. The van der Waals surface area contributed by atoms with Crippen molar-refractivity contribution in [2.24, 2.45) is 11.3 Å². The number of likely N-dealkylation sites (tertiary alicyclic amines) is 1. The van der Waals surface area contributed by atoms with Crippen molar-refractivity contribution in [2.45, 2.75) is 39.5 Å². The second kappa shape index (κ2) is 3.00. The number of amides is 1. The third kappa shape index (κ3) is 1.72. The van der Waals surface area contributed by atoms with E-state index in [1.807, 2.05) is 0 Å². The van der Waals surface area contributed by atoms with E-state index < -0.39 is 0 Å². The third-order valence-corrected chi connectivity index (χ3v) is 3.46. The first-order valence-corrected chi connectivity index (χ1v) is 5.41. The lowest BCUT2D eigenvalue weighted by atomic mass is 9.98. The number of carbonyl (C=O) groups excluding carboxylic acids is 1. The number of rotatable bonds is 1. The van der Waals surface area contributed by atoms with Crippen molar-refractivity contribution in [1.29, 1.82) is 0 Å². The van der Waals surface area contributed by atoms with Gasteiger partial charge in [-0.05, 0) is 31.6 Å². The summed E-state index contributed by atoms with van der Waals surface area (Å²) in [6.07, 6.45) is 4.71. The molecule has 0 N–H and O–H groups in total. The Balaban J connectivity index is 1.96. The van der Waals surface area contributed by atoms with Gasteiger partial charge in [-0.25, -0.2) is 0 Å². The van der Waals surface area contributed by atoms with Gasteiger partial charge in [-0.15, -0.1) is 0 Å². The highest BCUT2D eigenvalue weighted by Crippen LogP contribution is 2.46. The lowest BCUT2D eigenvalue weighted by Crippen LogP contribution is -2.42. The second-order valence-electron chi connectivity index (χ2n) is 5.06. The van der Waals surface area contributed by atoms with E-state index in [9.17, 15) is 4.79 Å². The van der Waals surface area contributed by atoms with Crippen molar-refractivity contribution >= 4 is 5.91 Å². The number of piperidine rings is 1. The highest BCUT2D eigenvalue weighted by atomic mass is 16.2. The average Bonchev–Trinajstić information content (AvgIpc) is 2.84. The second-order valence-corrected chi connectivity index (χ2v) is 5.06. The van der Waals surface area contributed by atoms with Crippen molar-refractivity contribution in [2.75, 3.05) is 13.1 Å². The van der Waals surface area contributed by atoms with Crippen LogP contribution in [0.2, 0.25) is 0 Å². The van der Waals surface area contributed by atoms with Gasteiger partial charge in [0.2, 0.25) is 5.91 Å². The molecule has 74 valence electrons. The molecule has 2 heteroatoms. The van der Waals surface area contributed by atoms with Gasteiger partial charge in [-0.1, -0.05) is 13.8 Å². The Hall–Kier alpha value is -0.530. The molecular formula is C11H19NO. The highest BCUT2D eigenvalue weighted by Gasteiger charge is 2.47. The molecule has 2 rings (SSSR count). The van der Waals surface area contributed by atoms with E-state index >= 15 is 0 Å². The molecule has 1 saturated carbocycles. The van der Waals surface area contributed by atoms with Gasteiger partial charge in [0.25, 0.3) is 0 Å². The van der Waals surface area contributed by atoms with Crippen molar-refractivity contribution in [1.82, 2.24) is 4.90 Å². The zero-order chi connectivity index (χ0) is 9.47. The molecule has 2 nitrogen and oxygen atoms in total. The summed E-state index contributed by atoms with van der Waals surface area (Å²) in [6.45, 7) is 6.34. The van der Waals surface area contributed by atoms with E-state index in [2.05, 4.69) is 18.7 Å². The van der Waals surface area contributed by atoms with E-state index in [4.69, 9.17) is 0 Å². The van der Waals surface area contributed by atoms with Crippen LogP contribution in [0.5, 0.6) is 0 Å². The third-order valence-electron chi connectivity index (χ3n) is 3.46. The van der Waals surface area contributed by atoms with Crippen molar-refractivity contribution in [3.63, 3.8) is 0 Å². The summed E-state index contributed by atoms with van der Waals surface area (Å²) >= 11 is 0. The molecule has 2 aliphatic rings. The molecule has 1 saturated heterocycles. The van der Waals surface area contributed by atoms with Crippen LogP contribution < -0.4 is 0 Å². The van der Waals surface area contributed by atoms with Gasteiger partial charge in [-0.3, -0.25) is 4.79 Å². The van der Waals surface area contributed by atoms with Gasteiger partial charge in [-0.2, -0.15) is 0 Å². The number of nitrogens with zero attached hydrogens (tertiary/aromatic N) is 1. The molecule has 1 unspecified atom stereocenters. The Morgan fingerprint density at radius 1 is 1.46 bits per heavy atom. The Morgan fingerprint density at radius 3 is 2.69 bits per heavy atom. The summed E-state index contributed by atoms with van der Waals surface area (Å²) in [5.74, 6) is 1.12. The molecule has 0 bridgehead atoms. The van der Waals surface area contributed by atoms with Gasteiger partial charge in [0, 0.05) is 18.5 Å². The van der Waals surface area contributed by atoms with E-state index in [-0.39, 0.29) is 5.41 Å². The number of carbonyl (C=O) groups is 1. The first-order chi connectivity index (χ1) is 6.12. The Bertz CT molecular complexity index is 220. The first-order valence-electron chi connectivity index (χ1n) is 5.41. The molecule has 1 atom stereocenters. The fourth-order valence-corrected chi connectivity index (χ4v) is 2.16. The van der Waals surface area contributed by atoms with Crippen molar-refractivity contribution in [3.8, 4) is 0 Å². The standard InChI is InChI=1S/C11H19NO/c1-9-4-3-7-12(8-9)10(13)11(2)5-6-11/h9H,3-8H2,1-2H3. The van der Waals surface area contributed by atoms with Crippen LogP contribution in [0.15, 0.2) is 0 Å². The predicted octanol–water partition coefficient (Wildman–Crippen LogP) is 2.04. The summed E-state index contributed by atoms with van der Waals surface area (Å²) in [4.78, 5) is 14.0. The van der Waals surface area contributed by atoms with Crippen LogP contribution in [-0.4, -0.2) is 23.9 Å². The SMILES string of the molecule is CC1CCCN(C(=O)C2(C)CC2)C1. The molecule has 0 radical (unpaired) electrons.